The summed E-state index contributed by atoms with van der Waals surface area (Å²) in [7, 11) is -3.92. The SMILES string of the molecule is Cc1ccccc1CN1CCCN(S(=O)(=O)c2ccccc2OC(F)F)CC1. The van der Waals surface area contributed by atoms with Crippen molar-refractivity contribution in [3.63, 3.8) is 0 Å². The lowest BCUT2D eigenvalue weighted by Gasteiger charge is -2.23. The van der Waals surface area contributed by atoms with Gasteiger partial charge in [-0.15, -0.1) is 0 Å². The third kappa shape index (κ3) is 4.87. The number of hydrogen-bond acceptors (Lipinski definition) is 4. The first-order valence-corrected chi connectivity index (χ1v) is 10.6. The third-order valence-corrected chi connectivity index (χ3v) is 6.82. The Morgan fingerprint density at radius 1 is 1.00 bits per heavy atom. The van der Waals surface area contributed by atoms with E-state index < -0.39 is 16.6 Å². The van der Waals surface area contributed by atoms with Gasteiger partial charge in [0.15, 0.2) is 0 Å². The van der Waals surface area contributed by atoms with Crippen molar-refractivity contribution in [2.75, 3.05) is 26.2 Å². The van der Waals surface area contributed by atoms with Gasteiger partial charge >= 0.3 is 6.61 Å². The van der Waals surface area contributed by atoms with Crippen molar-refractivity contribution in [1.29, 1.82) is 0 Å². The summed E-state index contributed by atoms with van der Waals surface area (Å²) in [4.78, 5) is 2.00. The summed E-state index contributed by atoms with van der Waals surface area (Å²) < 4.78 is 57.2. The predicted octanol–water partition coefficient (Wildman–Crippen LogP) is 3.49. The summed E-state index contributed by atoms with van der Waals surface area (Å²) >= 11 is 0. The fraction of sp³-hybridized carbons (Fsp3) is 0.400. The number of benzene rings is 2. The van der Waals surface area contributed by atoms with Gasteiger partial charge in [0.05, 0.1) is 0 Å². The van der Waals surface area contributed by atoms with Gasteiger partial charge in [0.25, 0.3) is 0 Å². The highest BCUT2D eigenvalue weighted by molar-refractivity contribution is 7.89. The van der Waals surface area contributed by atoms with Crippen LogP contribution in [-0.4, -0.2) is 50.4 Å². The maximum Gasteiger partial charge on any atom is 0.387 e. The number of ether oxygens (including phenoxy) is 1. The van der Waals surface area contributed by atoms with Crippen LogP contribution in [-0.2, 0) is 16.6 Å². The molecule has 3 rings (SSSR count). The summed E-state index contributed by atoms with van der Waals surface area (Å²) in [5, 5.41) is 0. The molecule has 1 saturated heterocycles. The fourth-order valence-corrected chi connectivity index (χ4v) is 4.96. The fourth-order valence-electron chi connectivity index (χ4n) is 3.37. The Morgan fingerprint density at radius 2 is 1.71 bits per heavy atom. The quantitative estimate of drug-likeness (QED) is 0.732. The van der Waals surface area contributed by atoms with E-state index in [-0.39, 0.29) is 10.6 Å². The van der Waals surface area contributed by atoms with Crippen LogP contribution in [0.1, 0.15) is 17.5 Å². The number of alkyl halides is 2. The van der Waals surface area contributed by atoms with Gasteiger partial charge in [-0.05, 0) is 43.1 Å². The molecule has 152 valence electrons. The van der Waals surface area contributed by atoms with E-state index in [1.807, 2.05) is 12.1 Å². The molecule has 0 atom stereocenters. The number of aryl methyl sites for hydroxylation is 1. The Morgan fingerprint density at radius 3 is 2.46 bits per heavy atom. The molecule has 0 saturated carbocycles. The molecule has 0 aliphatic carbocycles. The number of nitrogens with zero attached hydrogens (tertiary/aromatic N) is 2. The maximum atomic E-state index is 13.0. The van der Waals surface area contributed by atoms with E-state index >= 15 is 0 Å². The van der Waals surface area contributed by atoms with Gasteiger partial charge in [0.1, 0.15) is 10.6 Å². The first-order chi connectivity index (χ1) is 13.4. The Labute approximate surface area is 164 Å². The molecule has 1 aliphatic heterocycles. The molecule has 1 aliphatic rings. The van der Waals surface area contributed by atoms with Gasteiger partial charge in [0, 0.05) is 26.2 Å². The molecular formula is C20H24F2N2O3S. The Kier molecular flexibility index (Phi) is 6.64. The number of hydrogen-bond donors (Lipinski definition) is 0. The van der Waals surface area contributed by atoms with Crippen LogP contribution >= 0.6 is 0 Å². The first-order valence-electron chi connectivity index (χ1n) is 9.19. The topological polar surface area (TPSA) is 49.9 Å². The summed E-state index contributed by atoms with van der Waals surface area (Å²) in [5.74, 6) is -0.321. The minimum absolute atomic E-state index is 0.220. The highest BCUT2D eigenvalue weighted by atomic mass is 32.2. The molecule has 8 heteroatoms. The molecule has 2 aromatic rings. The first kappa shape index (κ1) is 20.7. The molecule has 0 unspecified atom stereocenters. The lowest BCUT2D eigenvalue weighted by molar-refractivity contribution is -0.0517. The van der Waals surface area contributed by atoms with Crippen LogP contribution in [0, 0.1) is 6.92 Å². The van der Waals surface area contributed by atoms with E-state index in [1.54, 1.807) is 0 Å². The van der Waals surface area contributed by atoms with Gasteiger partial charge < -0.3 is 4.74 Å². The van der Waals surface area contributed by atoms with Crippen molar-refractivity contribution in [3.8, 4) is 5.75 Å². The molecule has 0 radical (unpaired) electrons. The Hall–Kier alpha value is -2.03. The largest absolute Gasteiger partial charge is 0.433 e. The predicted molar refractivity (Wildman–Crippen MR) is 103 cm³/mol. The van der Waals surface area contributed by atoms with Gasteiger partial charge in [0.2, 0.25) is 10.0 Å². The van der Waals surface area contributed by atoms with E-state index in [9.17, 15) is 17.2 Å². The second kappa shape index (κ2) is 8.98. The standard InChI is InChI=1S/C20H24F2N2O3S/c1-16-7-2-3-8-17(16)15-23-11-6-12-24(14-13-23)28(25,26)19-10-5-4-9-18(19)27-20(21)22/h2-5,7-10,20H,6,11-15H2,1H3. The van der Waals surface area contributed by atoms with E-state index in [0.717, 1.165) is 13.1 Å². The normalized spacial score (nSPS) is 16.9. The highest BCUT2D eigenvalue weighted by Gasteiger charge is 2.30. The average molecular weight is 410 g/mol. The van der Waals surface area contributed by atoms with Gasteiger partial charge in [-0.2, -0.15) is 13.1 Å². The number of rotatable bonds is 6. The zero-order valence-electron chi connectivity index (χ0n) is 15.7. The molecule has 5 nitrogen and oxygen atoms in total. The highest BCUT2D eigenvalue weighted by Crippen LogP contribution is 2.28. The summed E-state index contributed by atoms with van der Waals surface area (Å²) in [6, 6.07) is 13.7. The van der Waals surface area contributed by atoms with Crippen LogP contribution in [0.25, 0.3) is 0 Å². The number of halogens is 2. The molecule has 1 heterocycles. The van der Waals surface area contributed by atoms with Gasteiger partial charge in [-0.1, -0.05) is 36.4 Å². The second-order valence-electron chi connectivity index (χ2n) is 6.79. The van der Waals surface area contributed by atoms with Crippen molar-refractivity contribution < 1.29 is 21.9 Å². The zero-order valence-corrected chi connectivity index (χ0v) is 16.5. The van der Waals surface area contributed by atoms with Gasteiger partial charge in [-0.25, -0.2) is 8.42 Å². The second-order valence-corrected chi connectivity index (χ2v) is 8.69. The smallest absolute Gasteiger partial charge is 0.387 e. The van der Waals surface area contributed by atoms with Crippen molar-refractivity contribution >= 4 is 10.0 Å². The van der Waals surface area contributed by atoms with Crippen molar-refractivity contribution in [2.45, 2.75) is 31.4 Å². The maximum absolute atomic E-state index is 13.0. The monoisotopic (exact) mass is 410 g/mol. The van der Waals surface area contributed by atoms with Crippen molar-refractivity contribution in [2.24, 2.45) is 0 Å². The van der Waals surface area contributed by atoms with E-state index in [2.05, 4.69) is 28.7 Å². The van der Waals surface area contributed by atoms with E-state index in [0.29, 0.717) is 26.1 Å². The molecule has 2 aromatic carbocycles. The molecule has 0 aromatic heterocycles. The van der Waals surface area contributed by atoms with Crippen LogP contribution in [0.4, 0.5) is 8.78 Å². The Balaban J connectivity index is 1.74. The average Bonchev–Trinajstić information content (AvgIpc) is 2.90. The molecule has 28 heavy (non-hydrogen) atoms. The van der Waals surface area contributed by atoms with Gasteiger partial charge in [-0.3, -0.25) is 4.90 Å². The Bertz CT molecular complexity index is 906. The minimum atomic E-state index is -3.92. The molecule has 0 N–H and O–H groups in total. The van der Waals surface area contributed by atoms with Crippen LogP contribution < -0.4 is 4.74 Å². The number of para-hydroxylation sites is 1. The van der Waals surface area contributed by atoms with E-state index in [1.165, 1.54) is 39.7 Å². The van der Waals surface area contributed by atoms with Crippen molar-refractivity contribution in [1.82, 2.24) is 9.21 Å². The van der Waals surface area contributed by atoms with E-state index in [4.69, 9.17) is 0 Å². The molecular weight excluding hydrogens is 386 g/mol. The molecule has 0 bridgehead atoms. The summed E-state index contributed by atoms with van der Waals surface area (Å²) in [6.07, 6.45) is 0.670. The molecule has 0 spiro atoms. The number of sulfonamides is 1. The summed E-state index contributed by atoms with van der Waals surface area (Å²) in [5.41, 5.74) is 2.42. The van der Waals surface area contributed by atoms with Crippen LogP contribution in [0.15, 0.2) is 53.4 Å². The minimum Gasteiger partial charge on any atom is -0.433 e. The van der Waals surface area contributed by atoms with Crippen LogP contribution in [0.3, 0.4) is 0 Å². The van der Waals surface area contributed by atoms with Crippen LogP contribution in [0.2, 0.25) is 0 Å². The summed E-state index contributed by atoms with van der Waals surface area (Å²) in [6.45, 7) is 1.73. The molecule has 1 fully saturated rings. The zero-order chi connectivity index (χ0) is 20.1. The van der Waals surface area contributed by atoms with Crippen molar-refractivity contribution in [3.05, 3.63) is 59.7 Å². The lowest BCUT2D eigenvalue weighted by Crippen LogP contribution is -2.35. The third-order valence-electron chi connectivity index (χ3n) is 4.89. The lowest BCUT2D eigenvalue weighted by atomic mass is 10.1. The molecule has 0 amide bonds. The van der Waals surface area contributed by atoms with Crippen LogP contribution in [0.5, 0.6) is 5.75 Å².